The highest BCUT2D eigenvalue weighted by atomic mass is 32.1. The minimum absolute atomic E-state index is 0.202. The fourth-order valence-electron chi connectivity index (χ4n) is 3.38. The third-order valence-corrected chi connectivity index (χ3v) is 5.74. The molecule has 1 aromatic heterocycles. The number of fused-ring (bicyclic) bond motifs is 1. The highest BCUT2D eigenvalue weighted by molar-refractivity contribution is 7.18. The molecule has 1 heterocycles. The van der Waals surface area contributed by atoms with E-state index < -0.39 is 17.9 Å². The Bertz CT molecular complexity index is 657. The predicted octanol–water partition coefficient (Wildman–Crippen LogP) is 2.58. The summed E-state index contributed by atoms with van der Waals surface area (Å²) in [5.41, 5.74) is 11.0. The van der Waals surface area contributed by atoms with Gasteiger partial charge in [-0.3, -0.25) is 9.59 Å². The molecule has 2 aliphatic rings. The molecule has 0 bridgehead atoms. The van der Waals surface area contributed by atoms with E-state index in [2.05, 4.69) is 4.74 Å². The summed E-state index contributed by atoms with van der Waals surface area (Å²) < 4.78 is 29.5. The van der Waals surface area contributed by atoms with Crippen LogP contribution in [0.1, 0.15) is 51.3 Å². The largest absolute Gasteiger partial charge is 0.390 e. The number of carbonyl (C=O) groups is 2. The zero-order valence-electron chi connectivity index (χ0n) is 12.4. The fraction of sp³-hybridized carbons (Fsp3) is 0.600. The maximum atomic E-state index is 13.0. The molecule has 0 aliphatic heterocycles. The number of amides is 1. The quantitative estimate of drug-likeness (QED) is 0.829. The first-order valence-electron chi connectivity index (χ1n) is 7.49. The van der Waals surface area contributed by atoms with Crippen LogP contribution in [0.15, 0.2) is 0 Å². The molecule has 0 spiro atoms. The SMILES string of the molecule is NC(=O)c1c(N)sc2c1CCC(COC(F)F)(CC1CC1)C2=O. The van der Waals surface area contributed by atoms with Crippen molar-refractivity contribution < 1.29 is 23.1 Å². The van der Waals surface area contributed by atoms with Crippen LogP contribution in [0.25, 0.3) is 0 Å². The van der Waals surface area contributed by atoms with E-state index in [-0.39, 0.29) is 23.0 Å². The van der Waals surface area contributed by atoms with Crippen molar-refractivity contribution in [3.05, 3.63) is 16.0 Å². The summed E-state index contributed by atoms with van der Waals surface area (Å²) in [5.74, 6) is -0.517. The van der Waals surface area contributed by atoms with Crippen LogP contribution in [0.2, 0.25) is 0 Å². The second-order valence-corrected chi connectivity index (χ2v) is 7.39. The number of anilines is 1. The van der Waals surface area contributed by atoms with Crippen LogP contribution in [0.5, 0.6) is 0 Å². The monoisotopic (exact) mass is 344 g/mol. The number of hydrogen-bond acceptors (Lipinski definition) is 5. The highest BCUT2D eigenvalue weighted by Gasteiger charge is 2.48. The summed E-state index contributed by atoms with van der Waals surface area (Å²) in [6.07, 6.45) is 3.36. The molecule has 5 nitrogen and oxygen atoms in total. The van der Waals surface area contributed by atoms with Crippen LogP contribution in [-0.2, 0) is 11.2 Å². The summed E-state index contributed by atoms with van der Waals surface area (Å²) >= 11 is 1.02. The lowest BCUT2D eigenvalue weighted by atomic mass is 9.70. The smallest absolute Gasteiger partial charge is 0.345 e. The Morgan fingerprint density at radius 2 is 2.13 bits per heavy atom. The number of halogens is 2. The lowest BCUT2D eigenvalue weighted by Gasteiger charge is -2.35. The van der Waals surface area contributed by atoms with Crippen molar-refractivity contribution in [3.8, 4) is 0 Å². The fourth-order valence-corrected chi connectivity index (χ4v) is 4.57. The Kier molecular flexibility index (Phi) is 4.14. The Morgan fingerprint density at radius 3 is 2.70 bits per heavy atom. The molecule has 1 fully saturated rings. The van der Waals surface area contributed by atoms with Crippen molar-refractivity contribution in [2.45, 2.75) is 38.7 Å². The number of nitrogen functional groups attached to an aromatic ring is 1. The topological polar surface area (TPSA) is 95.4 Å². The Labute approximate surface area is 136 Å². The molecule has 1 saturated carbocycles. The normalized spacial score (nSPS) is 24.0. The van der Waals surface area contributed by atoms with E-state index in [9.17, 15) is 18.4 Å². The molecule has 1 aromatic rings. The number of carbonyl (C=O) groups excluding carboxylic acids is 2. The first-order chi connectivity index (χ1) is 10.8. The third-order valence-electron chi connectivity index (χ3n) is 4.68. The maximum Gasteiger partial charge on any atom is 0.345 e. The van der Waals surface area contributed by atoms with Crippen LogP contribution < -0.4 is 11.5 Å². The van der Waals surface area contributed by atoms with Gasteiger partial charge in [0, 0.05) is 0 Å². The van der Waals surface area contributed by atoms with E-state index in [0.717, 1.165) is 24.2 Å². The van der Waals surface area contributed by atoms with Gasteiger partial charge in [-0.1, -0.05) is 12.8 Å². The molecule has 1 atom stereocenters. The average Bonchev–Trinajstić information content (AvgIpc) is 3.21. The number of primary amides is 1. The molecule has 0 radical (unpaired) electrons. The van der Waals surface area contributed by atoms with Gasteiger partial charge < -0.3 is 16.2 Å². The zero-order valence-corrected chi connectivity index (χ0v) is 13.3. The Balaban J connectivity index is 1.95. The van der Waals surface area contributed by atoms with Crippen LogP contribution in [0, 0.1) is 11.3 Å². The molecule has 126 valence electrons. The number of thiophene rings is 1. The maximum absolute atomic E-state index is 13.0. The van der Waals surface area contributed by atoms with Gasteiger partial charge in [0.25, 0.3) is 5.91 Å². The van der Waals surface area contributed by atoms with Crippen molar-refractivity contribution >= 4 is 28.0 Å². The number of Topliss-reactive ketones (excluding diaryl/α,β-unsaturated/α-hetero) is 1. The van der Waals surface area contributed by atoms with E-state index in [0.29, 0.717) is 35.6 Å². The first-order valence-corrected chi connectivity index (χ1v) is 8.31. The van der Waals surface area contributed by atoms with Gasteiger partial charge in [-0.15, -0.1) is 11.3 Å². The van der Waals surface area contributed by atoms with E-state index in [4.69, 9.17) is 11.5 Å². The Morgan fingerprint density at radius 1 is 1.43 bits per heavy atom. The molecule has 8 heteroatoms. The molecule has 1 unspecified atom stereocenters. The van der Waals surface area contributed by atoms with Gasteiger partial charge in [-0.25, -0.2) is 0 Å². The van der Waals surface area contributed by atoms with Crippen LogP contribution in [0.3, 0.4) is 0 Å². The molecule has 2 aliphatic carbocycles. The van der Waals surface area contributed by atoms with Crippen molar-refractivity contribution in [2.75, 3.05) is 12.3 Å². The molecular weight excluding hydrogens is 326 g/mol. The lowest BCUT2D eigenvalue weighted by molar-refractivity contribution is -0.148. The zero-order chi connectivity index (χ0) is 16.8. The molecule has 4 N–H and O–H groups in total. The van der Waals surface area contributed by atoms with Gasteiger partial charge in [0.1, 0.15) is 0 Å². The second-order valence-electron chi connectivity index (χ2n) is 6.34. The number of alkyl halides is 2. The van der Waals surface area contributed by atoms with Crippen molar-refractivity contribution in [1.29, 1.82) is 0 Å². The van der Waals surface area contributed by atoms with Gasteiger partial charge in [0.15, 0.2) is 5.78 Å². The van der Waals surface area contributed by atoms with Gasteiger partial charge in [-0.2, -0.15) is 8.78 Å². The van der Waals surface area contributed by atoms with Crippen molar-refractivity contribution in [3.63, 3.8) is 0 Å². The van der Waals surface area contributed by atoms with Gasteiger partial charge in [-0.05, 0) is 30.7 Å². The van der Waals surface area contributed by atoms with Crippen LogP contribution in [-0.4, -0.2) is 24.9 Å². The second kappa shape index (κ2) is 5.83. The van der Waals surface area contributed by atoms with Gasteiger partial charge in [0.05, 0.1) is 27.5 Å². The Hall–Kier alpha value is -1.54. The number of ether oxygens (including phenoxy) is 1. The number of rotatable bonds is 6. The molecule has 0 aromatic carbocycles. The van der Waals surface area contributed by atoms with Crippen molar-refractivity contribution in [2.24, 2.45) is 17.1 Å². The van der Waals surface area contributed by atoms with Crippen molar-refractivity contribution in [1.82, 2.24) is 0 Å². The molecule has 1 amide bonds. The van der Waals surface area contributed by atoms with Gasteiger partial charge in [0.2, 0.25) is 0 Å². The van der Waals surface area contributed by atoms with E-state index in [1.165, 1.54) is 0 Å². The standard InChI is InChI=1S/C15H18F2N2O3S/c16-14(17)22-6-15(5-7-1-2-7)4-3-8-9(12(18)21)13(19)23-10(8)11(15)20/h7,14H,1-6,19H2,(H2,18,21). The first kappa shape index (κ1) is 16.3. The summed E-state index contributed by atoms with van der Waals surface area (Å²) in [4.78, 5) is 24.9. The van der Waals surface area contributed by atoms with E-state index in [1.807, 2.05) is 0 Å². The number of hydrogen-bond donors (Lipinski definition) is 2. The number of ketones is 1. The molecule has 3 rings (SSSR count). The molecule has 0 saturated heterocycles. The molecule has 23 heavy (non-hydrogen) atoms. The van der Waals surface area contributed by atoms with E-state index in [1.54, 1.807) is 0 Å². The summed E-state index contributed by atoms with van der Waals surface area (Å²) in [6, 6.07) is 0. The number of nitrogens with two attached hydrogens (primary N) is 2. The summed E-state index contributed by atoms with van der Waals surface area (Å²) in [5, 5.41) is 0.216. The predicted molar refractivity (Wildman–Crippen MR) is 81.6 cm³/mol. The lowest BCUT2D eigenvalue weighted by Crippen LogP contribution is -2.41. The van der Waals surface area contributed by atoms with Gasteiger partial charge >= 0.3 is 6.61 Å². The van der Waals surface area contributed by atoms with Crippen LogP contribution in [0.4, 0.5) is 13.8 Å². The van der Waals surface area contributed by atoms with E-state index >= 15 is 0 Å². The third kappa shape index (κ3) is 2.97. The highest BCUT2D eigenvalue weighted by Crippen LogP contribution is 2.49. The summed E-state index contributed by atoms with van der Waals surface area (Å²) in [7, 11) is 0. The minimum atomic E-state index is -2.91. The van der Waals surface area contributed by atoms with Crippen LogP contribution >= 0.6 is 11.3 Å². The average molecular weight is 344 g/mol. The molecular formula is C15H18F2N2O3S. The minimum Gasteiger partial charge on any atom is -0.390 e. The summed E-state index contributed by atoms with van der Waals surface area (Å²) in [6.45, 7) is -3.21.